The molecule has 0 aromatic heterocycles. The lowest BCUT2D eigenvalue weighted by Gasteiger charge is -2.42. The summed E-state index contributed by atoms with van der Waals surface area (Å²) in [7, 11) is 0. The van der Waals surface area contributed by atoms with Gasteiger partial charge in [0.15, 0.2) is 0 Å². The van der Waals surface area contributed by atoms with Gasteiger partial charge in [-0.2, -0.15) is 0 Å². The van der Waals surface area contributed by atoms with Crippen molar-refractivity contribution in [3.63, 3.8) is 0 Å². The van der Waals surface area contributed by atoms with Crippen molar-refractivity contribution in [1.82, 2.24) is 14.7 Å². The molecule has 0 aliphatic carbocycles. The summed E-state index contributed by atoms with van der Waals surface area (Å²) in [5.41, 5.74) is 1.50. The van der Waals surface area contributed by atoms with Crippen molar-refractivity contribution in [2.75, 3.05) is 32.8 Å². The average molecular weight is 484 g/mol. The number of imide groups is 1. The topological polar surface area (TPSA) is 64.1 Å². The van der Waals surface area contributed by atoms with Gasteiger partial charge in [0.1, 0.15) is 5.54 Å². The van der Waals surface area contributed by atoms with Crippen LogP contribution < -0.4 is 0 Å². The highest BCUT2D eigenvalue weighted by Gasteiger charge is 2.57. The molecule has 0 bridgehead atoms. The quantitative estimate of drug-likeness (QED) is 0.478. The monoisotopic (exact) mass is 483 g/mol. The number of piperidine rings is 1. The number of hydrogen-bond acceptors (Lipinski definition) is 4. The minimum atomic E-state index is -0.817. The third-order valence-electron chi connectivity index (χ3n) is 7.52. The molecule has 0 unspecified atom stereocenters. The second-order valence-corrected chi connectivity index (χ2v) is 9.69. The highest BCUT2D eigenvalue weighted by molar-refractivity contribution is 6.07. The zero-order chi connectivity index (χ0) is 25.0. The molecule has 0 radical (unpaired) electrons. The number of carbonyl (C=O) groups is 2. The summed E-state index contributed by atoms with van der Waals surface area (Å²) in [6.45, 7) is 2.94. The van der Waals surface area contributed by atoms with Crippen molar-refractivity contribution >= 4 is 28.8 Å². The first-order chi connectivity index (χ1) is 17.6. The molecule has 2 fully saturated rings. The van der Waals surface area contributed by atoms with Crippen LogP contribution in [0.2, 0.25) is 0 Å². The van der Waals surface area contributed by atoms with Gasteiger partial charge in [0, 0.05) is 39.3 Å². The van der Waals surface area contributed by atoms with Gasteiger partial charge in [-0.25, -0.2) is 4.79 Å². The van der Waals surface area contributed by atoms with Crippen LogP contribution in [-0.2, 0) is 11.3 Å². The molecule has 1 spiro atoms. The van der Waals surface area contributed by atoms with Crippen molar-refractivity contribution in [3.8, 4) is 0 Å². The van der Waals surface area contributed by atoms with Crippen LogP contribution in [0.25, 0.3) is 16.8 Å². The Morgan fingerprint density at radius 2 is 1.61 bits per heavy atom. The van der Waals surface area contributed by atoms with Crippen molar-refractivity contribution in [3.05, 3.63) is 90.0 Å². The summed E-state index contributed by atoms with van der Waals surface area (Å²) in [6.07, 6.45) is 5.49. The minimum absolute atomic E-state index is 0.00479. The molecule has 6 nitrogen and oxygen atoms in total. The standard InChI is InChI=1S/C30H33N3O3/c34-22-8-19-33-29(36)32(18-7-11-24-9-2-1-3-10-24)28(35)30(33)16-20-31(21-17-30)23-26-14-6-13-25-12-4-5-15-27(25)26/h1-7,9-15,34H,8,16-23H2/b11-7+. The second kappa shape index (κ2) is 10.6. The molecule has 6 heteroatoms. The molecule has 3 aromatic carbocycles. The molecule has 2 aliphatic rings. The molecule has 2 heterocycles. The Bertz CT molecular complexity index is 1240. The van der Waals surface area contributed by atoms with Crippen molar-refractivity contribution in [2.45, 2.75) is 31.3 Å². The first-order valence-electron chi connectivity index (χ1n) is 12.8. The van der Waals surface area contributed by atoms with Gasteiger partial charge in [-0.3, -0.25) is 14.6 Å². The van der Waals surface area contributed by atoms with E-state index in [0.29, 0.717) is 25.8 Å². The van der Waals surface area contributed by atoms with Gasteiger partial charge in [-0.05, 0) is 41.2 Å². The van der Waals surface area contributed by atoms with E-state index in [9.17, 15) is 14.7 Å². The van der Waals surface area contributed by atoms with Crippen LogP contribution in [0.3, 0.4) is 0 Å². The van der Waals surface area contributed by atoms with Crippen LogP contribution >= 0.6 is 0 Å². The van der Waals surface area contributed by atoms with Gasteiger partial charge in [0.2, 0.25) is 0 Å². The molecule has 0 atom stereocenters. The Hall–Kier alpha value is -3.48. The molecule has 2 saturated heterocycles. The Balaban J connectivity index is 1.30. The Morgan fingerprint density at radius 3 is 2.39 bits per heavy atom. The zero-order valence-electron chi connectivity index (χ0n) is 20.6. The number of fused-ring (bicyclic) bond motifs is 1. The predicted molar refractivity (Wildman–Crippen MR) is 142 cm³/mol. The fourth-order valence-corrected chi connectivity index (χ4v) is 5.58. The highest BCUT2D eigenvalue weighted by atomic mass is 16.3. The fraction of sp³-hybridized carbons (Fsp3) is 0.333. The second-order valence-electron chi connectivity index (χ2n) is 9.69. The number of benzene rings is 3. The zero-order valence-corrected chi connectivity index (χ0v) is 20.6. The predicted octanol–water partition coefficient (Wildman–Crippen LogP) is 4.53. The highest BCUT2D eigenvalue weighted by Crippen LogP contribution is 2.38. The van der Waals surface area contributed by atoms with Gasteiger partial charge in [-0.15, -0.1) is 0 Å². The van der Waals surface area contributed by atoms with Crippen LogP contribution in [0.15, 0.2) is 78.9 Å². The molecule has 36 heavy (non-hydrogen) atoms. The van der Waals surface area contributed by atoms with Crippen LogP contribution in [0.1, 0.15) is 30.4 Å². The lowest BCUT2D eigenvalue weighted by molar-refractivity contribution is -0.135. The van der Waals surface area contributed by atoms with Crippen LogP contribution in [0.5, 0.6) is 0 Å². The molecule has 186 valence electrons. The first kappa shape index (κ1) is 24.2. The summed E-state index contributed by atoms with van der Waals surface area (Å²) in [4.78, 5) is 32.6. The number of rotatable bonds is 8. The normalized spacial score (nSPS) is 18.2. The summed E-state index contributed by atoms with van der Waals surface area (Å²) in [6, 6.07) is 24.4. The summed E-state index contributed by atoms with van der Waals surface area (Å²) < 4.78 is 0. The maximum absolute atomic E-state index is 13.7. The number of carbonyl (C=O) groups excluding carboxylic acids is 2. The van der Waals surface area contributed by atoms with Gasteiger partial charge in [0.05, 0.1) is 0 Å². The number of likely N-dealkylation sites (tertiary alicyclic amines) is 1. The summed E-state index contributed by atoms with van der Waals surface area (Å²) >= 11 is 0. The van der Waals surface area contributed by atoms with Gasteiger partial charge >= 0.3 is 6.03 Å². The van der Waals surface area contributed by atoms with E-state index in [1.165, 1.54) is 21.2 Å². The smallest absolute Gasteiger partial charge is 0.327 e. The van der Waals surface area contributed by atoms with Gasteiger partial charge in [0.25, 0.3) is 5.91 Å². The first-order valence-corrected chi connectivity index (χ1v) is 12.8. The van der Waals surface area contributed by atoms with E-state index in [-0.39, 0.29) is 25.1 Å². The van der Waals surface area contributed by atoms with E-state index in [2.05, 4.69) is 47.4 Å². The van der Waals surface area contributed by atoms with Crippen molar-refractivity contribution in [1.29, 1.82) is 0 Å². The third kappa shape index (κ3) is 4.66. The SMILES string of the molecule is O=C1N(C/C=C/c2ccccc2)C(=O)C2(CCN(Cc3cccc4ccccc34)CC2)N1CCCO. The van der Waals surface area contributed by atoms with Crippen LogP contribution in [-0.4, -0.2) is 70.1 Å². The van der Waals surface area contributed by atoms with Crippen molar-refractivity contribution < 1.29 is 14.7 Å². The van der Waals surface area contributed by atoms with E-state index in [0.717, 1.165) is 25.2 Å². The Kier molecular flexibility index (Phi) is 7.16. The summed E-state index contributed by atoms with van der Waals surface area (Å²) in [5.74, 6) is -0.104. The Morgan fingerprint density at radius 1 is 0.889 bits per heavy atom. The Labute approximate surface area is 212 Å². The molecule has 1 N–H and O–H groups in total. The number of hydrogen-bond donors (Lipinski definition) is 1. The molecule has 0 saturated carbocycles. The summed E-state index contributed by atoms with van der Waals surface area (Å²) in [5, 5.41) is 11.9. The fourth-order valence-electron chi connectivity index (χ4n) is 5.58. The van der Waals surface area contributed by atoms with Crippen LogP contribution in [0, 0.1) is 0 Å². The lowest BCUT2D eigenvalue weighted by Crippen LogP contribution is -2.56. The largest absolute Gasteiger partial charge is 0.396 e. The molecule has 5 rings (SSSR count). The van der Waals surface area contributed by atoms with Crippen LogP contribution in [0.4, 0.5) is 4.79 Å². The van der Waals surface area contributed by atoms with E-state index in [1.807, 2.05) is 42.5 Å². The molecule has 3 aromatic rings. The molecule has 2 aliphatic heterocycles. The van der Waals surface area contributed by atoms with Crippen molar-refractivity contribution in [2.24, 2.45) is 0 Å². The van der Waals surface area contributed by atoms with E-state index >= 15 is 0 Å². The number of nitrogens with zero attached hydrogens (tertiary/aromatic N) is 3. The number of urea groups is 1. The van der Waals surface area contributed by atoms with Gasteiger partial charge < -0.3 is 10.0 Å². The van der Waals surface area contributed by atoms with Gasteiger partial charge in [-0.1, -0.05) is 84.9 Å². The number of amides is 3. The van der Waals surface area contributed by atoms with E-state index in [4.69, 9.17) is 0 Å². The van der Waals surface area contributed by atoms with E-state index < -0.39 is 5.54 Å². The molecule has 3 amide bonds. The molecular formula is C30H33N3O3. The third-order valence-corrected chi connectivity index (χ3v) is 7.52. The molecular weight excluding hydrogens is 450 g/mol. The number of aliphatic hydroxyl groups excluding tert-OH is 1. The maximum atomic E-state index is 13.7. The lowest BCUT2D eigenvalue weighted by atomic mass is 9.85. The average Bonchev–Trinajstić information content (AvgIpc) is 3.10. The maximum Gasteiger partial charge on any atom is 0.327 e. The minimum Gasteiger partial charge on any atom is -0.396 e. The number of aliphatic hydroxyl groups is 1. The van der Waals surface area contributed by atoms with E-state index in [1.54, 1.807) is 4.90 Å².